The van der Waals surface area contributed by atoms with Gasteiger partial charge in [0.05, 0.1) is 18.4 Å². The van der Waals surface area contributed by atoms with Gasteiger partial charge >= 0.3 is 0 Å². The third-order valence-corrected chi connectivity index (χ3v) is 3.13. The Morgan fingerprint density at radius 3 is 2.87 bits per heavy atom. The number of methoxy groups -OCH3 is 1. The zero-order valence-electron chi connectivity index (χ0n) is 12.1. The van der Waals surface area contributed by atoms with Crippen molar-refractivity contribution in [1.82, 2.24) is 20.2 Å². The van der Waals surface area contributed by atoms with Crippen LogP contribution >= 0.6 is 0 Å². The number of tetrazole rings is 1. The Morgan fingerprint density at radius 1 is 1.26 bits per heavy atom. The van der Waals surface area contributed by atoms with E-state index in [1.54, 1.807) is 24.3 Å². The first-order valence-electron chi connectivity index (χ1n) is 6.65. The fourth-order valence-electron chi connectivity index (χ4n) is 2.06. The van der Waals surface area contributed by atoms with Gasteiger partial charge in [0.15, 0.2) is 0 Å². The number of carbonyl (C=O) groups excluding carboxylic acids is 1. The topological polar surface area (TPSA) is 81.9 Å². The first-order valence-corrected chi connectivity index (χ1v) is 6.65. The summed E-state index contributed by atoms with van der Waals surface area (Å²) in [5.41, 5.74) is 1.01. The van der Waals surface area contributed by atoms with Gasteiger partial charge in [0, 0.05) is 11.8 Å². The van der Waals surface area contributed by atoms with Gasteiger partial charge in [-0.2, -0.15) is 4.68 Å². The van der Waals surface area contributed by atoms with E-state index in [-0.39, 0.29) is 5.56 Å². The first-order chi connectivity index (χ1) is 11.2. The molecule has 1 amide bonds. The van der Waals surface area contributed by atoms with Gasteiger partial charge in [-0.05, 0) is 40.8 Å². The average molecular weight is 313 g/mol. The van der Waals surface area contributed by atoms with Crippen molar-refractivity contribution in [2.24, 2.45) is 0 Å². The van der Waals surface area contributed by atoms with Crippen LogP contribution in [0.1, 0.15) is 10.4 Å². The van der Waals surface area contributed by atoms with Crippen molar-refractivity contribution < 1.29 is 13.9 Å². The quantitative estimate of drug-likeness (QED) is 0.797. The predicted molar refractivity (Wildman–Crippen MR) is 80.1 cm³/mol. The summed E-state index contributed by atoms with van der Waals surface area (Å²) in [4.78, 5) is 12.5. The Bertz CT molecular complexity index is 836. The lowest BCUT2D eigenvalue weighted by Gasteiger charge is -2.10. The number of carbonyl (C=O) groups is 1. The molecule has 0 fully saturated rings. The molecule has 2 aromatic carbocycles. The predicted octanol–water partition coefficient (Wildman–Crippen LogP) is 2.06. The van der Waals surface area contributed by atoms with Crippen LogP contribution in [0.4, 0.5) is 10.1 Å². The highest BCUT2D eigenvalue weighted by Gasteiger charge is 2.15. The van der Waals surface area contributed by atoms with Crippen LogP contribution in [0.25, 0.3) is 5.69 Å². The van der Waals surface area contributed by atoms with Crippen LogP contribution in [0.3, 0.4) is 0 Å². The highest BCUT2D eigenvalue weighted by molar-refractivity contribution is 6.06. The standard InChI is InChI=1S/C15H12FN5O2/c1-23-12-4-2-3-11(8-12)18-15(22)13-7-10(16)5-6-14(13)21-9-17-19-20-21/h2-9H,1H3,(H,18,22). The SMILES string of the molecule is COc1cccc(NC(=O)c2cc(F)ccc2-n2cnnn2)c1. The highest BCUT2D eigenvalue weighted by atomic mass is 19.1. The van der Waals surface area contributed by atoms with E-state index in [1.165, 1.54) is 30.3 Å². The third-order valence-electron chi connectivity index (χ3n) is 3.13. The Balaban J connectivity index is 1.94. The van der Waals surface area contributed by atoms with E-state index < -0.39 is 11.7 Å². The third kappa shape index (κ3) is 3.15. The average Bonchev–Trinajstić information content (AvgIpc) is 3.09. The Kier molecular flexibility index (Phi) is 3.96. The molecule has 1 N–H and O–H groups in total. The van der Waals surface area contributed by atoms with Gasteiger partial charge in [-0.25, -0.2) is 4.39 Å². The molecule has 0 radical (unpaired) electrons. The van der Waals surface area contributed by atoms with Gasteiger partial charge in [-0.3, -0.25) is 4.79 Å². The molecular formula is C15H12FN5O2. The fraction of sp³-hybridized carbons (Fsp3) is 0.0667. The van der Waals surface area contributed by atoms with Crippen LogP contribution in [0.5, 0.6) is 5.75 Å². The number of amides is 1. The number of benzene rings is 2. The normalized spacial score (nSPS) is 10.3. The molecule has 1 aromatic heterocycles. The van der Waals surface area contributed by atoms with E-state index in [2.05, 4.69) is 20.8 Å². The van der Waals surface area contributed by atoms with Crippen LogP contribution in [0.15, 0.2) is 48.8 Å². The van der Waals surface area contributed by atoms with Crippen molar-refractivity contribution in [2.45, 2.75) is 0 Å². The van der Waals surface area contributed by atoms with Crippen molar-refractivity contribution in [2.75, 3.05) is 12.4 Å². The van der Waals surface area contributed by atoms with E-state index in [0.717, 1.165) is 6.07 Å². The lowest BCUT2D eigenvalue weighted by atomic mass is 10.1. The van der Waals surface area contributed by atoms with Crippen LogP contribution in [0, 0.1) is 5.82 Å². The van der Waals surface area contributed by atoms with Gasteiger partial charge in [0.2, 0.25) is 0 Å². The van der Waals surface area contributed by atoms with E-state index in [9.17, 15) is 9.18 Å². The molecule has 23 heavy (non-hydrogen) atoms. The minimum Gasteiger partial charge on any atom is -0.497 e. The summed E-state index contributed by atoms with van der Waals surface area (Å²) in [5.74, 6) is -0.413. The Morgan fingerprint density at radius 2 is 2.13 bits per heavy atom. The Labute approximate surface area is 130 Å². The maximum absolute atomic E-state index is 13.5. The van der Waals surface area contributed by atoms with Gasteiger partial charge in [-0.15, -0.1) is 5.10 Å². The summed E-state index contributed by atoms with van der Waals surface area (Å²) in [6.45, 7) is 0. The monoisotopic (exact) mass is 313 g/mol. The molecule has 3 rings (SSSR count). The molecule has 0 saturated carbocycles. The molecule has 116 valence electrons. The summed E-state index contributed by atoms with van der Waals surface area (Å²) in [5, 5.41) is 13.5. The number of hydrogen-bond donors (Lipinski definition) is 1. The number of halogens is 1. The number of aromatic nitrogens is 4. The first kappa shape index (κ1) is 14.6. The van der Waals surface area contributed by atoms with Crippen LogP contribution < -0.4 is 10.1 Å². The van der Waals surface area contributed by atoms with Crippen molar-refractivity contribution >= 4 is 11.6 Å². The molecule has 0 unspecified atom stereocenters. The zero-order valence-corrected chi connectivity index (χ0v) is 12.1. The van der Waals surface area contributed by atoms with Gasteiger partial charge in [0.1, 0.15) is 17.9 Å². The van der Waals surface area contributed by atoms with Gasteiger partial charge in [0.25, 0.3) is 5.91 Å². The molecule has 0 aliphatic rings. The van der Waals surface area contributed by atoms with Crippen LogP contribution in [-0.2, 0) is 0 Å². The summed E-state index contributed by atoms with van der Waals surface area (Å²) in [7, 11) is 1.53. The van der Waals surface area contributed by atoms with E-state index in [0.29, 0.717) is 17.1 Å². The molecule has 0 aliphatic heterocycles. The lowest BCUT2D eigenvalue weighted by molar-refractivity contribution is 0.102. The maximum atomic E-state index is 13.5. The van der Waals surface area contributed by atoms with Gasteiger partial charge in [-0.1, -0.05) is 6.07 Å². The van der Waals surface area contributed by atoms with Crippen LogP contribution in [0.2, 0.25) is 0 Å². The van der Waals surface area contributed by atoms with E-state index in [1.807, 2.05) is 0 Å². The maximum Gasteiger partial charge on any atom is 0.257 e. The smallest absolute Gasteiger partial charge is 0.257 e. The molecule has 0 atom stereocenters. The van der Waals surface area contributed by atoms with E-state index >= 15 is 0 Å². The molecule has 0 spiro atoms. The van der Waals surface area contributed by atoms with Crippen molar-refractivity contribution in [3.63, 3.8) is 0 Å². The largest absolute Gasteiger partial charge is 0.497 e. The zero-order chi connectivity index (χ0) is 16.2. The minimum atomic E-state index is -0.530. The molecule has 0 aliphatic carbocycles. The second kappa shape index (κ2) is 6.22. The lowest BCUT2D eigenvalue weighted by Crippen LogP contribution is -2.16. The molecule has 0 saturated heterocycles. The highest BCUT2D eigenvalue weighted by Crippen LogP contribution is 2.20. The number of anilines is 1. The molecular weight excluding hydrogens is 301 g/mol. The number of rotatable bonds is 4. The molecule has 8 heteroatoms. The second-order valence-electron chi connectivity index (χ2n) is 4.60. The second-order valence-corrected chi connectivity index (χ2v) is 4.60. The van der Waals surface area contributed by atoms with Gasteiger partial charge < -0.3 is 10.1 Å². The Hall–Kier alpha value is -3.29. The van der Waals surface area contributed by atoms with Crippen molar-refractivity contribution in [3.8, 4) is 11.4 Å². The molecule has 0 bridgehead atoms. The molecule has 1 heterocycles. The summed E-state index contributed by atoms with van der Waals surface area (Å²) in [6.07, 6.45) is 1.33. The summed E-state index contributed by atoms with van der Waals surface area (Å²) < 4.78 is 19.9. The number of ether oxygens (including phenoxy) is 1. The van der Waals surface area contributed by atoms with Crippen molar-refractivity contribution in [3.05, 3.63) is 60.2 Å². The molecule has 7 nitrogen and oxygen atoms in total. The van der Waals surface area contributed by atoms with E-state index in [4.69, 9.17) is 4.74 Å². The number of nitrogens with zero attached hydrogens (tertiary/aromatic N) is 4. The molecule has 3 aromatic rings. The summed E-state index contributed by atoms with van der Waals surface area (Å²) in [6, 6.07) is 10.7. The number of hydrogen-bond acceptors (Lipinski definition) is 5. The summed E-state index contributed by atoms with van der Waals surface area (Å²) >= 11 is 0. The van der Waals surface area contributed by atoms with Crippen molar-refractivity contribution in [1.29, 1.82) is 0 Å². The number of nitrogens with one attached hydrogen (secondary N) is 1. The van der Waals surface area contributed by atoms with Crippen LogP contribution in [-0.4, -0.2) is 33.2 Å². The fourth-order valence-corrected chi connectivity index (χ4v) is 2.06. The minimum absolute atomic E-state index is 0.111.